The van der Waals surface area contributed by atoms with Gasteiger partial charge in [0, 0.05) is 13.3 Å². The second-order valence-electron chi connectivity index (χ2n) is 6.92. The SMILES string of the molecule is CC(=O)Nc1ccccc1C(=O)N[C@H](Cc1ccc(-c2ccccc2)cc1)C(N)=O. The normalized spacial score (nSPS) is 11.4. The number of hydrogen-bond donors (Lipinski definition) is 3. The van der Waals surface area contributed by atoms with Crippen molar-refractivity contribution in [3.8, 4) is 11.1 Å². The number of rotatable bonds is 7. The quantitative estimate of drug-likeness (QED) is 0.567. The molecule has 6 heteroatoms. The topological polar surface area (TPSA) is 101 Å². The molecule has 0 aliphatic rings. The number of carbonyl (C=O) groups excluding carboxylic acids is 3. The number of anilines is 1. The highest BCUT2D eigenvalue weighted by molar-refractivity contribution is 6.04. The van der Waals surface area contributed by atoms with Gasteiger partial charge < -0.3 is 16.4 Å². The Morgan fingerprint density at radius 3 is 2.07 bits per heavy atom. The van der Waals surface area contributed by atoms with Crippen molar-refractivity contribution in [2.24, 2.45) is 5.73 Å². The van der Waals surface area contributed by atoms with Crippen molar-refractivity contribution in [3.63, 3.8) is 0 Å². The minimum absolute atomic E-state index is 0.262. The highest BCUT2D eigenvalue weighted by atomic mass is 16.2. The summed E-state index contributed by atoms with van der Waals surface area (Å²) in [6, 6.07) is 23.4. The number of benzene rings is 3. The van der Waals surface area contributed by atoms with E-state index in [9.17, 15) is 14.4 Å². The molecule has 0 spiro atoms. The van der Waals surface area contributed by atoms with Gasteiger partial charge in [-0.25, -0.2) is 0 Å². The molecule has 152 valence electrons. The predicted octanol–water partition coefficient (Wildman–Crippen LogP) is 3.14. The summed E-state index contributed by atoms with van der Waals surface area (Å²) in [4.78, 5) is 36.1. The lowest BCUT2D eigenvalue weighted by molar-refractivity contribution is -0.119. The van der Waals surface area contributed by atoms with Crippen molar-refractivity contribution < 1.29 is 14.4 Å². The van der Waals surface area contributed by atoms with Gasteiger partial charge in [-0.05, 0) is 28.8 Å². The van der Waals surface area contributed by atoms with E-state index in [1.807, 2.05) is 54.6 Å². The van der Waals surface area contributed by atoms with Gasteiger partial charge in [0.1, 0.15) is 6.04 Å². The zero-order valence-electron chi connectivity index (χ0n) is 16.6. The van der Waals surface area contributed by atoms with Gasteiger partial charge in [0.25, 0.3) is 5.91 Å². The van der Waals surface area contributed by atoms with Gasteiger partial charge in [0.05, 0.1) is 11.3 Å². The van der Waals surface area contributed by atoms with E-state index in [2.05, 4.69) is 10.6 Å². The van der Waals surface area contributed by atoms with Gasteiger partial charge in [-0.15, -0.1) is 0 Å². The van der Waals surface area contributed by atoms with Crippen LogP contribution in [0.1, 0.15) is 22.8 Å². The van der Waals surface area contributed by atoms with Gasteiger partial charge in [0.2, 0.25) is 11.8 Å². The van der Waals surface area contributed by atoms with Crippen molar-refractivity contribution in [1.29, 1.82) is 0 Å². The van der Waals surface area contributed by atoms with E-state index in [0.29, 0.717) is 5.69 Å². The Morgan fingerprint density at radius 1 is 0.833 bits per heavy atom. The summed E-state index contributed by atoms with van der Waals surface area (Å²) in [6.07, 6.45) is 0.262. The Hall–Kier alpha value is -3.93. The Kier molecular flexibility index (Phi) is 6.60. The molecule has 0 fully saturated rings. The molecule has 30 heavy (non-hydrogen) atoms. The first-order valence-electron chi connectivity index (χ1n) is 9.55. The molecular weight excluding hydrogens is 378 g/mol. The van der Waals surface area contributed by atoms with E-state index in [0.717, 1.165) is 16.7 Å². The Labute approximate surface area is 175 Å². The summed E-state index contributed by atoms with van der Waals surface area (Å²) in [5, 5.41) is 5.29. The van der Waals surface area contributed by atoms with E-state index >= 15 is 0 Å². The number of para-hydroxylation sites is 1. The third-order valence-corrected chi connectivity index (χ3v) is 4.63. The average Bonchev–Trinajstić information content (AvgIpc) is 2.74. The van der Waals surface area contributed by atoms with Crippen LogP contribution in [0.5, 0.6) is 0 Å². The number of nitrogens with one attached hydrogen (secondary N) is 2. The fourth-order valence-electron chi connectivity index (χ4n) is 3.14. The predicted molar refractivity (Wildman–Crippen MR) is 117 cm³/mol. The van der Waals surface area contributed by atoms with E-state index < -0.39 is 17.9 Å². The van der Waals surface area contributed by atoms with Crippen LogP contribution in [0.25, 0.3) is 11.1 Å². The fraction of sp³-hybridized carbons (Fsp3) is 0.125. The molecule has 0 saturated heterocycles. The molecule has 3 aromatic carbocycles. The summed E-state index contributed by atoms with van der Waals surface area (Å²) in [5.74, 6) is -1.41. The molecule has 0 aliphatic carbocycles. The number of hydrogen-bond acceptors (Lipinski definition) is 3. The summed E-state index contributed by atoms with van der Waals surface area (Å²) < 4.78 is 0. The van der Waals surface area contributed by atoms with E-state index in [1.165, 1.54) is 6.92 Å². The molecule has 0 saturated carbocycles. The van der Waals surface area contributed by atoms with Gasteiger partial charge in [-0.2, -0.15) is 0 Å². The molecule has 0 aromatic heterocycles. The van der Waals surface area contributed by atoms with Crippen LogP contribution >= 0.6 is 0 Å². The maximum Gasteiger partial charge on any atom is 0.254 e. The smallest absolute Gasteiger partial charge is 0.254 e. The third kappa shape index (κ3) is 5.32. The molecule has 4 N–H and O–H groups in total. The van der Waals surface area contributed by atoms with Gasteiger partial charge in [-0.3, -0.25) is 14.4 Å². The van der Waals surface area contributed by atoms with Gasteiger partial charge in [0.15, 0.2) is 0 Å². The number of nitrogens with two attached hydrogens (primary N) is 1. The standard InChI is InChI=1S/C24H23N3O3/c1-16(28)26-21-10-6-5-9-20(21)24(30)27-22(23(25)29)15-17-11-13-19(14-12-17)18-7-3-2-4-8-18/h2-14,22H,15H2,1H3,(H2,25,29)(H,26,28)(H,27,30)/t22-/m1/s1. The highest BCUT2D eigenvalue weighted by Crippen LogP contribution is 2.20. The second-order valence-corrected chi connectivity index (χ2v) is 6.92. The van der Waals surface area contributed by atoms with Crippen molar-refractivity contribution in [2.45, 2.75) is 19.4 Å². The highest BCUT2D eigenvalue weighted by Gasteiger charge is 2.21. The third-order valence-electron chi connectivity index (χ3n) is 4.63. The van der Waals surface area contributed by atoms with Crippen LogP contribution in [0.3, 0.4) is 0 Å². The van der Waals surface area contributed by atoms with Crippen molar-refractivity contribution in [1.82, 2.24) is 5.32 Å². The van der Waals surface area contributed by atoms with Crippen LogP contribution < -0.4 is 16.4 Å². The summed E-state index contributed by atoms with van der Waals surface area (Å²) in [5.41, 5.74) is 9.19. The molecule has 6 nitrogen and oxygen atoms in total. The van der Waals surface area contributed by atoms with Crippen LogP contribution in [-0.4, -0.2) is 23.8 Å². The first-order chi connectivity index (χ1) is 14.4. The molecule has 3 aromatic rings. The van der Waals surface area contributed by atoms with E-state index in [1.54, 1.807) is 24.3 Å². The second kappa shape index (κ2) is 9.52. The van der Waals surface area contributed by atoms with E-state index in [-0.39, 0.29) is 17.9 Å². The largest absolute Gasteiger partial charge is 0.368 e. The van der Waals surface area contributed by atoms with Gasteiger partial charge >= 0.3 is 0 Å². The Balaban J connectivity index is 1.73. The number of primary amides is 1. The van der Waals surface area contributed by atoms with Crippen molar-refractivity contribution >= 4 is 23.4 Å². The fourth-order valence-corrected chi connectivity index (χ4v) is 3.14. The van der Waals surface area contributed by atoms with Crippen molar-refractivity contribution in [3.05, 3.63) is 90.0 Å². The van der Waals surface area contributed by atoms with Gasteiger partial charge in [-0.1, -0.05) is 66.7 Å². The summed E-state index contributed by atoms with van der Waals surface area (Å²) in [6.45, 7) is 1.36. The number of carbonyl (C=O) groups is 3. The first-order valence-corrected chi connectivity index (χ1v) is 9.55. The zero-order chi connectivity index (χ0) is 21.5. The molecule has 0 unspecified atom stereocenters. The molecule has 3 amide bonds. The molecule has 0 bridgehead atoms. The van der Waals surface area contributed by atoms with Crippen LogP contribution in [0.4, 0.5) is 5.69 Å². The molecule has 0 aliphatic heterocycles. The van der Waals surface area contributed by atoms with Crippen LogP contribution in [-0.2, 0) is 16.0 Å². The minimum atomic E-state index is -0.884. The summed E-state index contributed by atoms with van der Waals surface area (Å²) >= 11 is 0. The maximum atomic E-state index is 12.7. The molecular formula is C24H23N3O3. The lowest BCUT2D eigenvalue weighted by atomic mass is 10.00. The lowest BCUT2D eigenvalue weighted by Gasteiger charge is -2.17. The molecule has 0 heterocycles. The van der Waals surface area contributed by atoms with Crippen LogP contribution in [0.2, 0.25) is 0 Å². The monoisotopic (exact) mass is 401 g/mol. The Morgan fingerprint density at radius 2 is 1.43 bits per heavy atom. The van der Waals surface area contributed by atoms with Crippen LogP contribution in [0, 0.1) is 0 Å². The van der Waals surface area contributed by atoms with Crippen LogP contribution in [0.15, 0.2) is 78.9 Å². The zero-order valence-corrected chi connectivity index (χ0v) is 16.6. The molecule has 0 radical (unpaired) electrons. The van der Waals surface area contributed by atoms with Crippen molar-refractivity contribution in [2.75, 3.05) is 5.32 Å². The molecule has 1 atom stereocenters. The maximum absolute atomic E-state index is 12.7. The minimum Gasteiger partial charge on any atom is -0.368 e. The molecule has 3 rings (SSSR count). The summed E-state index contributed by atoms with van der Waals surface area (Å²) in [7, 11) is 0. The lowest BCUT2D eigenvalue weighted by Crippen LogP contribution is -2.46. The average molecular weight is 401 g/mol. The Bertz CT molecular complexity index is 1050. The number of amides is 3. The van der Waals surface area contributed by atoms with E-state index in [4.69, 9.17) is 5.73 Å². The first kappa shape index (κ1) is 20.8.